The Morgan fingerprint density at radius 2 is 1.75 bits per heavy atom. The van der Waals surface area contributed by atoms with Crippen molar-refractivity contribution in [1.82, 2.24) is 14.7 Å². The summed E-state index contributed by atoms with van der Waals surface area (Å²) in [6.45, 7) is 4.01. The zero-order chi connectivity index (χ0) is 40.2. The van der Waals surface area contributed by atoms with Crippen molar-refractivity contribution in [3.8, 4) is 27.8 Å². The van der Waals surface area contributed by atoms with Gasteiger partial charge >= 0.3 is 0 Å². The molecule has 14 heteroatoms. The van der Waals surface area contributed by atoms with Gasteiger partial charge in [-0.25, -0.2) is 4.90 Å². The number of ether oxygens (including phenoxy) is 1. The number of aromatic nitrogens is 2. The molecule has 0 bridgehead atoms. The number of fused-ring (bicyclic) bond motifs is 5. The lowest BCUT2D eigenvalue weighted by Gasteiger charge is -2.49. The fourth-order valence-electron chi connectivity index (χ4n) is 9.93. The molecule has 3 aromatic carbocycles. The van der Waals surface area contributed by atoms with Crippen LogP contribution in [0.15, 0.2) is 76.8 Å². The van der Waals surface area contributed by atoms with Crippen molar-refractivity contribution in [1.29, 1.82) is 0 Å². The number of amides is 4. The molecule has 0 spiro atoms. The number of aromatic hydroxyl groups is 2. The van der Waals surface area contributed by atoms with E-state index in [1.54, 1.807) is 65.5 Å². The normalized spacial score (nSPS) is 25.6. The molecule has 2 saturated heterocycles. The first kappa shape index (κ1) is 37.6. The number of halogens is 2. The SMILES string of the molecule is COc1cc(C2C3=CCC4C(=O)N(CCc5ccc(O)cc5)C(=O)C4C3CC3C(=O)N(c4cc(-c5sc6ccc(Cl)cc6c5C)nn4C)C(=O)C32C)cc(Br)c1O. The van der Waals surface area contributed by atoms with Crippen molar-refractivity contribution in [2.45, 2.75) is 39.0 Å². The largest absolute Gasteiger partial charge is 0.508 e. The average Bonchev–Trinajstić information content (AvgIpc) is 3.85. The van der Waals surface area contributed by atoms with E-state index in [1.807, 2.05) is 38.1 Å². The van der Waals surface area contributed by atoms with Gasteiger partial charge in [-0.1, -0.05) is 35.4 Å². The van der Waals surface area contributed by atoms with Gasteiger partial charge in [0, 0.05) is 35.3 Å². The molecule has 4 heterocycles. The standard InChI is InChI=1S/C43H38BrClN4O7S/c1-20-27-17-23(45)7-12-33(27)57-38(20)31-19-34(47(3)46-31)49-40(53)29-18-28-25(36(43(29,2)42(49)55)22-15-30(44)37(51)32(16-22)56-4)10-11-26-35(28)41(54)48(39(26)52)14-13-21-5-8-24(50)9-6-21/h5-10,12,15-17,19,26,28-29,35-36,50-51H,11,13-14,18H2,1-4H3. The lowest BCUT2D eigenvalue weighted by atomic mass is 9.51. The van der Waals surface area contributed by atoms with Crippen LogP contribution in [0.5, 0.6) is 17.2 Å². The van der Waals surface area contributed by atoms with E-state index in [2.05, 4.69) is 15.9 Å². The third kappa shape index (κ3) is 5.60. The summed E-state index contributed by atoms with van der Waals surface area (Å²) < 4.78 is 8.51. The predicted octanol–water partition coefficient (Wildman–Crippen LogP) is 7.92. The number of likely N-dealkylation sites (tertiary alicyclic amines) is 1. The molecule has 1 saturated carbocycles. The van der Waals surface area contributed by atoms with Gasteiger partial charge in [0.25, 0.3) is 0 Å². The molecule has 4 aliphatic rings. The average molecular weight is 870 g/mol. The molecular weight excluding hydrogens is 832 g/mol. The highest BCUT2D eigenvalue weighted by molar-refractivity contribution is 9.10. The Morgan fingerprint density at radius 1 is 1.00 bits per heavy atom. The van der Waals surface area contributed by atoms with Crippen LogP contribution in [0.25, 0.3) is 20.7 Å². The number of thiophene rings is 1. The van der Waals surface area contributed by atoms with Gasteiger partial charge in [-0.2, -0.15) is 5.10 Å². The van der Waals surface area contributed by atoms with Crippen molar-refractivity contribution in [2.24, 2.45) is 36.1 Å². The highest BCUT2D eigenvalue weighted by Crippen LogP contribution is 2.64. The number of hydrogen-bond acceptors (Lipinski definition) is 9. The summed E-state index contributed by atoms with van der Waals surface area (Å²) in [5.74, 6) is -4.14. The minimum atomic E-state index is -1.31. The number of phenolic OH excluding ortho intramolecular Hbond substituents is 2. The number of benzene rings is 3. The second-order valence-electron chi connectivity index (χ2n) is 15.7. The summed E-state index contributed by atoms with van der Waals surface area (Å²) >= 11 is 11.4. The number of carbonyl (C=O) groups excluding carboxylic acids is 4. The molecule has 57 heavy (non-hydrogen) atoms. The lowest BCUT2D eigenvalue weighted by Crippen LogP contribution is -2.49. The summed E-state index contributed by atoms with van der Waals surface area (Å²) in [5, 5.41) is 27.0. The Bertz CT molecular complexity index is 2600. The summed E-state index contributed by atoms with van der Waals surface area (Å²) in [5.41, 5.74) is 2.63. The van der Waals surface area contributed by atoms with E-state index < -0.39 is 46.8 Å². The fraction of sp³-hybridized carbons (Fsp3) is 0.326. The maximum absolute atomic E-state index is 15.2. The van der Waals surface area contributed by atoms with Gasteiger partial charge in [0.2, 0.25) is 23.6 Å². The number of aryl methyl sites for hydroxylation is 2. The highest BCUT2D eigenvalue weighted by atomic mass is 79.9. The Balaban J connectivity index is 1.12. The summed E-state index contributed by atoms with van der Waals surface area (Å²) in [6.07, 6.45) is 2.93. The molecule has 0 radical (unpaired) electrons. The van der Waals surface area contributed by atoms with E-state index in [1.165, 1.54) is 16.9 Å². The summed E-state index contributed by atoms with van der Waals surface area (Å²) in [4.78, 5) is 62.0. The quantitative estimate of drug-likeness (QED) is 0.124. The van der Waals surface area contributed by atoms with Crippen LogP contribution in [0.2, 0.25) is 5.02 Å². The van der Waals surface area contributed by atoms with Crippen LogP contribution in [0.3, 0.4) is 0 Å². The van der Waals surface area contributed by atoms with Gasteiger partial charge < -0.3 is 14.9 Å². The molecule has 6 unspecified atom stereocenters. The van der Waals surface area contributed by atoms with Crippen LogP contribution in [-0.2, 0) is 32.6 Å². The van der Waals surface area contributed by atoms with E-state index in [9.17, 15) is 24.6 Å². The minimum Gasteiger partial charge on any atom is -0.508 e. The first-order valence-corrected chi connectivity index (χ1v) is 20.7. The third-order valence-electron chi connectivity index (χ3n) is 12.7. The predicted molar refractivity (Wildman–Crippen MR) is 219 cm³/mol. The smallest absolute Gasteiger partial charge is 0.242 e. The van der Waals surface area contributed by atoms with Crippen LogP contribution in [0.4, 0.5) is 5.82 Å². The number of carbonyl (C=O) groups is 4. The van der Waals surface area contributed by atoms with Crippen molar-refractivity contribution >= 4 is 78.4 Å². The number of methoxy groups -OCH3 is 1. The first-order chi connectivity index (χ1) is 27.2. The lowest BCUT2D eigenvalue weighted by molar-refractivity contribution is -0.140. The van der Waals surface area contributed by atoms with Crippen LogP contribution in [0.1, 0.15) is 42.4 Å². The Kier molecular flexibility index (Phi) is 8.94. The van der Waals surface area contributed by atoms with Crippen molar-refractivity contribution < 1.29 is 34.1 Å². The molecule has 2 aliphatic carbocycles. The molecule has 292 valence electrons. The molecule has 3 fully saturated rings. The number of allylic oxidation sites excluding steroid dienone is 2. The van der Waals surface area contributed by atoms with Crippen molar-refractivity contribution in [3.63, 3.8) is 0 Å². The Morgan fingerprint density at radius 3 is 2.49 bits per heavy atom. The van der Waals surface area contributed by atoms with E-state index in [0.717, 1.165) is 31.7 Å². The van der Waals surface area contributed by atoms with E-state index in [0.29, 0.717) is 39.4 Å². The van der Waals surface area contributed by atoms with Crippen LogP contribution >= 0.6 is 38.9 Å². The number of imide groups is 2. The number of nitrogens with zero attached hydrogens (tertiary/aromatic N) is 4. The monoisotopic (exact) mass is 868 g/mol. The second kappa shape index (κ2) is 13.6. The second-order valence-corrected chi connectivity index (χ2v) is 18.0. The first-order valence-electron chi connectivity index (χ1n) is 18.7. The van der Waals surface area contributed by atoms with Gasteiger partial charge in [-0.3, -0.25) is 28.8 Å². The van der Waals surface area contributed by atoms with Crippen molar-refractivity contribution in [3.05, 3.63) is 98.5 Å². The minimum absolute atomic E-state index is 0.106. The molecule has 9 rings (SSSR count). The molecule has 2 aliphatic heterocycles. The number of anilines is 1. The molecular formula is C43H38BrClN4O7S. The topological polar surface area (TPSA) is 142 Å². The summed E-state index contributed by atoms with van der Waals surface area (Å²) in [6, 6.07) is 17.6. The summed E-state index contributed by atoms with van der Waals surface area (Å²) in [7, 11) is 3.16. The Labute approximate surface area is 345 Å². The molecule has 4 amide bonds. The maximum atomic E-state index is 15.2. The van der Waals surface area contributed by atoms with Crippen LogP contribution in [-0.4, -0.2) is 62.2 Å². The van der Waals surface area contributed by atoms with E-state index in [4.69, 9.17) is 21.4 Å². The third-order valence-corrected chi connectivity index (χ3v) is 14.9. The molecule has 6 atom stereocenters. The fourth-order valence-corrected chi connectivity index (χ4v) is 11.7. The highest BCUT2D eigenvalue weighted by Gasteiger charge is 2.68. The van der Waals surface area contributed by atoms with Gasteiger partial charge in [0.05, 0.1) is 39.6 Å². The number of hydrogen-bond donors (Lipinski definition) is 2. The van der Waals surface area contributed by atoms with Crippen molar-refractivity contribution in [2.75, 3.05) is 18.6 Å². The molecule has 2 aromatic heterocycles. The molecule has 2 N–H and O–H groups in total. The Hall–Kier alpha value is -4.98. The van der Waals surface area contributed by atoms with Gasteiger partial charge in [0.1, 0.15) is 17.3 Å². The van der Waals surface area contributed by atoms with Crippen LogP contribution < -0.4 is 9.64 Å². The molecule has 5 aromatic rings. The van der Waals surface area contributed by atoms with Gasteiger partial charge in [0.15, 0.2) is 11.5 Å². The van der Waals surface area contributed by atoms with E-state index in [-0.39, 0.29) is 42.0 Å². The van der Waals surface area contributed by atoms with Crippen LogP contribution in [0, 0.1) is 36.0 Å². The number of rotatable bonds is 7. The zero-order valence-electron chi connectivity index (χ0n) is 31.5. The zero-order valence-corrected chi connectivity index (χ0v) is 34.6. The molecule has 11 nitrogen and oxygen atoms in total. The maximum Gasteiger partial charge on any atom is 0.242 e. The van der Waals surface area contributed by atoms with E-state index >= 15 is 4.79 Å². The van der Waals surface area contributed by atoms with Gasteiger partial charge in [-0.15, -0.1) is 11.3 Å². The number of phenols is 2. The van der Waals surface area contributed by atoms with Gasteiger partial charge in [-0.05, 0) is 119 Å².